The van der Waals surface area contributed by atoms with Gasteiger partial charge in [-0.25, -0.2) is 4.79 Å². The van der Waals surface area contributed by atoms with Crippen molar-refractivity contribution in [1.29, 1.82) is 0 Å². The Morgan fingerprint density at radius 2 is 2.42 bits per heavy atom. The Bertz CT molecular complexity index is 204. The van der Waals surface area contributed by atoms with E-state index in [4.69, 9.17) is 5.11 Å². The zero-order valence-electron chi connectivity index (χ0n) is 6.86. The summed E-state index contributed by atoms with van der Waals surface area (Å²) < 4.78 is 0. The van der Waals surface area contributed by atoms with Gasteiger partial charge in [0.25, 0.3) is 0 Å². The van der Waals surface area contributed by atoms with Crippen LogP contribution in [0.2, 0.25) is 0 Å². The van der Waals surface area contributed by atoms with E-state index in [1.807, 2.05) is 0 Å². The van der Waals surface area contributed by atoms with E-state index in [2.05, 4.69) is 6.58 Å². The van der Waals surface area contributed by atoms with Crippen molar-refractivity contribution < 1.29 is 15.0 Å². The van der Waals surface area contributed by atoms with Crippen molar-refractivity contribution in [2.45, 2.75) is 18.6 Å². The molecular formula is C8H13NO3. The number of aliphatic carboxylic acids is 1. The van der Waals surface area contributed by atoms with Gasteiger partial charge in [0.05, 0.1) is 0 Å². The standard InChI is InChI=1S/C8H13NO3/c1-2-5-9-6-3-4-8(9,12)7(10)11/h2,12H,1,3-6H2,(H,10,11)/t8-/m1/s1. The fraction of sp³-hybridized carbons (Fsp3) is 0.625. The predicted molar refractivity (Wildman–Crippen MR) is 43.6 cm³/mol. The second-order valence-corrected chi connectivity index (χ2v) is 2.96. The van der Waals surface area contributed by atoms with Crippen LogP contribution in [0.1, 0.15) is 12.8 Å². The molecule has 0 amide bonds. The first-order valence-corrected chi connectivity index (χ1v) is 3.93. The first-order valence-electron chi connectivity index (χ1n) is 3.93. The number of aliphatic hydroxyl groups is 1. The van der Waals surface area contributed by atoms with Gasteiger partial charge in [-0.1, -0.05) is 6.08 Å². The highest BCUT2D eigenvalue weighted by molar-refractivity contribution is 5.76. The lowest BCUT2D eigenvalue weighted by molar-refractivity contribution is -0.175. The van der Waals surface area contributed by atoms with Crippen molar-refractivity contribution in [2.75, 3.05) is 13.1 Å². The number of carboxylic acid groups (broad SMARTS) is 1. The minimum atomic E-state index is -1.66. The number of carbonyl (C=O) groups is 1. The maximum Gasteiger partial charge on any atom is 0.351 e. The first-order chi connectivity index (χ1) is 5.61. The molecule has 1 fully saturated rings. The molecule has 0 aromatic rings. The normalized spacial score (nSPS) is 30.4. The third-order valence-electron chi connectivity index (χ3n) is 2.17. The Morgan fingerprint density at radius 3 is 2.92 bits per heavy atom. The summed E-state index contributed by atoms with van der Waals surface area (Å²) in [6, 6.07) is 0. The number of nitrogens with zero attached hydrogens (tertiary/aromatic N) is 1. The molecule has 0 aliphatic carbocycles. The van der Waals surface area contributed by atoms with Crippen LogP contribution in [-0.2, 0) is 4.79 Å². The van der Waals surface area contributed by atoms with Crippen molar-refractivity contribution in [1.82, 2.24) is 4.90 Å². The van der Waals surface area contributed by atoms with Crippen LogP contribution in [-0.4, -0.2) is 39.9 Å². The number of likely N-dealkylation sites (tertiary alicyclic amines) is 1. The summed E-state index contributed by atoms with van der Waals surface area (Å²) in [4.78, 5) is 12.2. The van der Waals surface area contributed by atoms with E-state index in [1.54, 1.807) is 6.08 Å². The Kier molecular flexibility index (Phi) is 2.49. The van der Waals surface area contributed by atoms with Crippen LogP contribution in [0.4, 0.5) is 0 Å². The van der Waals surface area contributed by atoms with Crippen LogP contribution >= 0.6 is 0 Å². The molecule has 12 heavy (non-hydrogen) atoms. The molecule has 1 saturated heterocycles. The lowest BCUT2D eigenvalue weighted by Gasteiger charge is -2.28. The van der Waals surface area contributed by atoms with E-state index in [1.165, 1.54) is 4.90 Å². The minimum Gasteiger partial charge on any atom is -0.478 e. The average molecular weight is 171 g/mol. The third kappa shape index (κ3) is 1.35. The van der Waals surface area contributed by atoms with Crippen LogP contribution < -0.4 is 0 Å². The quantitative estimate of drug-likeness (QED) is 0.589. The maximum atomic E-state index is 10.7. The Balaban J connectivity index is 2.73. The third-order valence-corrected chi connectivity index (χ3v) is 2.17. The maximum absolute atomic E-state index is 10.7. The Morgan fingerprint density at radius 1 is 1.75 bits per heavy atom. The van der Waals surface area contributed by atoms with Crippen molar-refractivity contribution in [3.8, 4) is 0 Å². The summed E-state index contributed by atoms with van der Waals surface area (Å²) in [7, 11) is 0. The predicted octanol–water partition coefficient (Wildman–Crippen LogP) is 0.0414. The van der Waals surface area contributed by atoms with Crippen molar-refractivity contribution in [2.24, 2.45) is 0 Å². The molecule has 4 nitrogen and oxygen atoms in total. The number of rotatable bonds is 3. The molecule has 1 atom stereocenters. The summed E-state index contributed by atoms with van der Waals surface area (Å²) in [5.41, 5.74) is -1.66. The van der Waals surface area contributed by atoms with Crippen LogP contribution in [0.5, 0.6) is 0 Å². The second kappa shape index (κ2) is 3.25. The summed E-state index contributed by atoms with van der Waals surface area (Å²) in [5, 5.41) is 18.4. The molecule has 1 aliphatic heterocycles. The topological polar surface area (TPSA) is 60.8 Å². The van der Waals surface area contributed by atoms with Gasteiger partial charge in [-0.2, -0.15) is 0 Å². The van der Waals surface area contributed by atoms with Gasteiger partial charge in [-0.3, -0.25) is 4.90 Å². The van der Waals surface area contributed by atoms with Crippen LogP contribution in [0.25, 0.3) is 0 Å². The van der Waals surface area contributed by atoms with Gasteiger partial charge in [0.15, 0.2) is 0 Å². The lowest BCUT2D eigenvalue weighted by atomic mass is 10.1. The Labute approximate surface area is 71.1 Å². The first kappa shape index (κ1) is 9.22. The number of hydrogen-bond donors (Lipinski definition) is 2. The summed E-state index contributed by atoms with van der Waals surface area (Å²) in [6.45, 7) is 4.54. The van der Waals surface area contributed by atoms with E-state index >= 15 is 0 Å². The van der Waals surface area contributed by atoms with Gasteiger partial charge >= 0.3 is 5.97 Å². The number of carboxylic acids is 1. The van der Waals surface area contributed by atoms with Crippen molar-refractivity contribution in [3.05, 3.63) is 12.7 Å². The van der Waals surface area contributed by atoms with E-state index in [9.17, 15) is 9.90 Å². The van der Waals surface area contributed by atoms with E-state index in [0.29, 0.717) is 19.5 Å². The largest absolute Gasteiger partial charge is 0.478 e. The van der Waals surface area contributed by atoms with Gasteiger partial charge in [-0.15, -0.1) is 6.58 Å². The lowest BCUT2D eigenvalue weighted by Crippen LogP contribution is -2.50. The molecular weight excluding hydrogens is 158 g/mol. The van der Waals surface area contributed by atoms with Crippen molar-refractivity contribution >= 4 is 5.97 Å². The van der Waals surface area contributed by atoms with Gasteiger partial charge < -0.3 is 10.2 Å². The fourth-order valence-electron chi connectivity index (χ4n) is 1.50. The van der Waals surface area contributed by atoms with Crippen LogP contribution in [0.15, 0.2) is 12.7 Å². The minimum absolute atomic E-state index is 0.302. The molecule has 4 heteroatoms. The van der Waals surface area contributed by atoms with Crippen LogP contribution in [0, 0.1) is 0 Å². The van der Waals surface area contributed by atoms with E-state index in [-0.39, 0.29) is 0 Å². The molecule has 68 valence electrons. The zero-order valence-corrected chi connectivity index (χ0v) is 6.86. The average Bonchev–Trinajstić information content (AvgIpc) is 2.35. The highest BCUT2D eigenvalue weighted by Gasteiger charge is 2.45. The SMILES string of the molecule is C=CCN1CCC[C@@]1(O)C(=O)O. The summed E-state index contributed by atoms with van der Waals surface area (Å²) in [6.07, 6.45) is 2.62. The molecule has 0 aromatic carbocycles. The van der Waals surface area contributed by atoms with E-state index < -0.39 is 11.7 Å². The molecule has 2 N–H and O–H groups in total. The molecule has 0 bridgehead atoms. The molecule has 0 unspecified atom stereocenters. The van der Waals surface area contributed by atoms with Gasteiger partial charge in [0.2, 0.25) is 5.72 Å². The van der Waals surface area contributed by atoms with Gasteiger partial charge in [-0.05, 0) is 6.42 Å². The molecule has 0 aromatic heterocycles. The Hall–Kier alpha value is -0.870. The summed E-state index contributed by atoms with van der Waals surface area (Å²) in [5.74, 6) is -1.16. The summed E-state index contributed by atoms with van der Waals surface area (Å²) >= 11 is 0. The monoisotopic (exact) mass is 171 g/mol. The molecule has 0 spiro atoms. The molecule has 0 radical (unpaired) electrons. The van der Waals surface area contributed by atoms with Crippen LogP contribution in [0.3, 0.4) is 0 Å². The molecule has 0 saturated carbocycles. The number of hydrogen-bond acceptors (Lipinski definition) is 3. The molecule has 1 rings (SSSR count). The highest BCUT2D eigenvalue weighted by atomic mass is 16.4. The van der Waals surface area contributed by atoms with Gasteiger partial charge in [0, 0.05) is 19.5 Å². The highest BCUT2D eigenvalue weighted by Crippen LogP contribution is 2.26. The van der Waals surface area contributed by atoms with E-state index in [0.717, 1.165) is 6.42 Å². The molecule has 1 aliphatic rings. The molecule has 1 heterocycles. The zero-order chi connectivity index (χ0) is 9.19. The second-order valence-electron chi connectivity index (χ2n) is 2.96. The smallest absolute Gasteiger partial charge is 0.351 e. The van der Waals surface area contributed by atoms with Gasteiger partial charge in [0.1, 0.15) is 0 Å². The fourth-order valence-corrected chi connectivity index (χ4v) is 1.50. The van der Waals surface area contributed by atoms with Crippen molar-refractivity contribution in [3.63, 3.8) is 0 Å².